The van der Waals surface area contributed by atoms with Gasteiger partial charge in [0, 0.05) is 0 Å². The second-order valence-electron chi connectivity index (χ2n) is 5.06. The Bertz CT molecular complexity index is 361. The highest BCUT2D eigenvalue weighted by atomic mass is 16.5. The largest absolute Gasteiger partial charge is 0.462 e. The van der Waals surface area contributed by atoms with Gasteiger partial charge in [-0.25, -0.2) is 4.79 Å². The van der Waals surface area contributed by atoms with E-state index >= 15 is 0 Å². The van der Waals surface area contributed by atoms with Crippen LogP contribution >= 0.6 is 0 Å². The first kappa shape index (κ1) is 14.7. The highest BCUT2D eigenvalue weighted by Crippen LogP contribution is 2.16. The minimum absolute atomic E-state index is 0.211. The van der Waals surface area contributed by atoms with E-state index in [0.717, 1.165) is 12.8 Å². The Morgan fingerprint density at radius 1 is 1.11 bits per heavy atom. The van der Waals surface area contributed by atoms with E-state index < -0.39 is 0 Å². The molecule has 0 bridgehead atoms. The summed E-state index contributed by atoms with van der Waals surface area (Å²) in [5, 5.41) is 0. The van der Waals surface area contributed by atoms with Crippen LogP contribution in [0.25, 0.3) is 0 Å². The minimum atomic E-state index is -0.211. The molecular weight excluding hydrogens is 224 g/mol. The van der Waals surface area contributed by atoms with E-state index in [1.165, 1.54) is 5.56 Å². The zero-order valence-corrected chi connectivity index (χ0v) is 11.9. The van der Waals surface area contributed by atoms with Crippen LogP contribution in [-0.2, 0) is 4.74 Å². The molecule has 2 nitrogen and oxygen atoms in total. The number of hydrogen-bond donors (Lipinski definition) is 0. The molecule has 0 saturated carbocycles. The monoisotopic (exact) mass is 248 g/mol. The maximum Gasteiger partial charge on any atom is 0.338 e. The second kappa shape index (κ2) is 7.20. The average Bonchev–Trinajstić information content (AvgIpc) is 2.39. The van der Waals surface area contributed by atoms with Gasteiger partial charge in [0.15, 0.2) is 0 Å². The van der Waals surface area contributed by atoms with Crippen molar-refractivity contribution in [2.75, 3.05) is 6.61 Å². The van der Waals surface area contributed by atoms with Gasteiger partial charge in [0.1, 0.15) is 0 Å². The number of hydrogen-bond acceptors (Lipinski definition) is 2. The lowest BCUT2D eigenvalue weighted by Crippen LogP contribution is -2.13. The van der Waals surface area contributed by atoms with Crippen molar-refractivity contribution in [3.05, 3.63) is 35.4 Å². The number of esters is 1. The second-order valence-corrected chi connectivity index (χ2v) is 5.06. The molecule has 0 aliphatic heterocycles. The fourth-order valence-electron chi connectivity index (χ4n) is 1.81. The molecule has 0 N–H and O–H groups in total. The van der Waals surface area contributed by atoms with Gasteiger partial charge < -0.3 is 4.74 Å². The molecule has 0 heterocycles. The molecule has 0 unspecified atom stereocenters. The van der Waals surface area contributed by atoms with Gasteiger partial charge in [-0.15, -0.1) is 0 Å². The zero-order chi connectivity index (χ0) is 13.5. The first-order chi connectivity index (χ1) is 8.58. The molecule has 0 saturated heterocycles. The van der Waals surface area contributed by atoms with E-state index in [9.17, 15) is 4.79 Å². The first-order valence-corrected chi connectivity index (χ1v) is 6.85. The third-order valence-electron chi connectivity index (χ3n) is 3.42. The lowest BCUT2D eigenvalue weighted by molar-refractivity contribution is 0.0433. The van der Waals surface area contributed by atoms with Gasteiger partial charge in [-0.1, -0.05) is 52.7 Å². The lowest BCUT2D eigenvalue weighted by Gasteiger charge is -2.13. The van der Waals surface area contributed by atoms with E-state index in [2.05, 4.69) is 27.7 Å². The van der Waals surface area contributed by atoms with Crippen molar-refractivity contribution < 1.29 is 9.53 Å². The van der Waals surface area contributed by atoms with Crippen molar-refractivity contribution in [2.45, 2.75) is 46.5 Å². The van der Waals surface area contributed by atoms with Crippen molar-refractivity contribution in [3.63, 3.8) is 0 Å². The van der Waals surface area contributed by atoms with E-state index in [0.29, 0.717) is 24.0 Å². The molecule has 0 radical (unpaired) electrons. The topological polar surface area (TPSA) is 26.3 Å². The Morgan fingerprint density at radius 2 is 1.67 bits per heavy atom. The van der Waals surface area contributed by atoms with Crippen LogP contribution in [0.2, 0.25) is 0 Å². The molecule has 0 aliphatic carbocycles. The van der Waals surface area contributed by atoms with E-state index in [-0.39, 0.29) is 5.97 Å². The van der Waals surface area contributed by atoms with Crippen molar-refractivity contribution >= 4 is 5.97 Å². The molecule has 0 aromatic heterocycles. The molecule has 2 heteroatoms. The summed E-state index contributed by atoms with van der Waals surface area (Å²) in [6, 6.07) is 7.70. The maximum absolute atomic E-state index is 11.8. The third kappa shape index (κ3) is 4.17. The van der Waals surface area contributed by atoms with Crippen LogP contribution in [0.5, 0.6) is 0 Å². The summed E-state index contributed by atoms with van der Waals surface area (Å²) in [6.07, 6.45) is 2.10. The van der Waals surface area contributed by atoms with Crippen LogP contribution < -0.4 is 0 Å². The van der Waals surface area contributed by atoms with E-state index in [4.69, 9.17) is 4.74 Å². The van der Waals surface area contributed by atoms with E-state index in [1.807, 2.05) is 24.3 Å². The van der Waals surface area contributed by atoms with Crippen molar-refractivity contribution in [1.82, 2.24) is 0 Å². The van der Waals surface area contributed by atoms with Gasteiger partial charge in [0.2, 0.25) is 0 Å². The van der Waals surface area contributed by atoms with Gasteiger partial charge in [-0.05, 0) is 29.5 Å². The fraction of sp³-hybridized carbons (Fsp3) is 0.562. The predicted octanol–water partition coefficient (Wildman–Crippen LogP) is 4.40. The minimum Gasteiger partial charge on any atom is -0.462 e. The molecule has 1 aromatic carbocycles. The van der Waals surface area contributed by atoms with Gasteiger partial charge in [0.25, 0.3) is 0 Å². The molecular formula is C16H24O2. The summed E-state index contributed by atoms with van der Waals surface area (Å²) < 4.78 is 5.33. The molecule has 1 aromatic rings. The molecule has 0 aliphatic rings. The standard InChI is InChI=1S/C16H24O2/c1-5-13(6-2)11-18-16(17)15-9-7-14(8-10-15)12(3)4/h7-10,12-13H,5-6,11H2,1-4H3. The SMILES string of the molecule is CCC(CC)COC(=O)c1ccc(C(C)C)cc1. The fourth-order valence-corrected chi connectivity index (χ4v) is 1.81. The number of ether oxygens (including phenoxy) is 1. The average molecular weight is 248 g/mol. The van der Waals surface area contributed by atoms with Gasteiger partial charge in [-0.2, -0.15) is 0 Å². The van der Waals surface area contributed by atoms with Crippen molar-refractivity contribution in [3.8, 4) is 0 Å². The highest BCUT2D eigenvalue weighted by molar-refractivity contribution is 5.89. The summed E-state index contributed by atoms with van der Waals surface area (Å²) in [5.74, 6) is 0.751. The van der Waals surface area contributed by atoms with Crippen molar-refractivity contribution in [2.24, 2.45) is 5.92 Å². The van der Waals surface area contributed by atoms with Gasteiger partial charge >= 0.3 is 5.97 Å². The molecule has 100 valence electrons. The molecule has 0 amide bonds. The Hall–Kier alpha value is -1.31. The van der Waals surface area contributed by atoms with Crippen LogP contribution in [0.3, 0.4) is 0 Å². The maximum atomic E-state index is 11.8. The summed E-state index contributed by atoms with van der Waals surface area (Å²) in [7, 11) is 0. The summed E-state index contributed by atoms with van der Waals surface area (Å²) >= 11 is 0. The summed E-state index contributed by atoms with van der Waals surface area (Å²) in [5.41, 5.74) is 1.89. The normalized spacial score (nSPS) is 11.0. The van der Waals surface area contributed by atoms with Crippen LogP contribution in [0.15, 0.2) is 24.3 Å². The molecule has 18 heavy (non-hydrogen) atoms. The number of benzene rings is 1. The van der Waals surface area contributed by atoms with Crippen LogP contribution in [-0.4, -0.2) is 12.6 Å². The van der Waals surface area contributed by atoms with Crippen LogP contribution in [0.4, 0.5) is 0 Å². The smallest absolute Gasteiger partial charge is 0.338 e. The summed E-state index contributed by atoms with van der Waals surface area (Å²) in [4.78, 5) is 11.8. The Labute approximate surface area is 110 Å². The molecule has 1 rings (SSSR count). The highest BCUT2D eigenvalue weighted by Gasteiger charge is 2.11. The Morgan fingerprint density at radius 3 is 2.11 bits per heavy atom. The molecule has 0 atom stereocenters. The third-order valence-corrected chi connectivity index (χ3v) is 3.42. The zero-order valence-electron chi connectivity index (χ0n) is 11.9. The Balaban J connectivity index is 2.56. The van der Waals surface area contributed by atoms with Crippen molar-refractivity contribution in [1.29, 1.82) is 0 Å². The van der Waals surface area contributed by atoms with Gasteiger partial charge in [-0.3, -0.25) is 0 Å². The van der Waals surface area contributed by atoms with Crippen LogP contribution in [0, 0.1) is 5.92 Å². The quantitative estimate of drug-likeness (QED) is 0.697. The summed E-state index contributed by atoms with van der Waals surface area (Å²) in [6.45, 7) is 9.05. The predicted molar refractivity (Wildman–Crippen MR) is 74.9 cm³/mol. The number of rotatable bonds is 6. The molecule has 0 spiro atoms. The first-order valence-electron chi connectivity index (χ1n) is 6.85. The van der Waals surface area contributed by atoms with Gasteiger partial charge in [0.05, 0.1) is 12.2 Å². The van der Waals surface area contributed by atoms with Crippen LogP contribution in [0.1, 0.15) is 62.4 Å². The number of carbonyl (C=O) groups is 1. The lowest BCUT2D eigenvalue weighted by atomic mass is 10.0. The Kier molecular flexibility index (Phi) is 5.90. The number of carbonyl (C=O) groups excluding carboxylic acids is 1. The van der Waals surface area contributed by atoms with E-state index in [1.54, 1.807) is 0 Å². The molecule has 0 fully saturated rings.